The molecule has 2 saturated heterocycles. The standard InChI is InChI=1S/C10H19N3OS/c14-10(12-6-8-4-11-5-8)13-9-2-1-3-15-7-9/h8-9,11H,1-7H2,(H2,12,13,14). The summed E-state index contributed by atoms with van der Waals surface area (Å²) in [7, 11) is 0. The first kappa shape index (κ1) is 11.1. The highest BCUT2D eigenvalue weighted by atomic mass is 32.2. The van der Waals surface area contributed by atoms with Crippen LogP contribution in [0.5, 0.6) is 0 Å². The summed E-state index contributed by atoms with van der Waals surface area (Å²) in [5.41, 5.74) is 0. The molecule has 2 aliphatic rings. The molecule has 0 saturated carbocycles. The van der Waals surface area contributed by atoms with E-state index in [1.54, 1.807) is 0 Å². The minimum atomic E-state index is 0.00870. The van der Waals surface area contributed by atoms with Crippen molar-refractivity contribution in [1.82, 2.24) is 16.0 Å². The lowest BCUT2D eigenvalue weighted by Gasteiger charge is -2.28. The maximum absolute atomic E-state index is 11.5. The third-order valence-corrected chi connectivity index (χ3v) is 4.13. The lowest BCUT2D eigenvalue weighted by molar-refractivity contribution is 0.231. The Morgan fingerprint density at radius 2 is 2.33 bits per heavy atom. The summed E-state index contributed by atoms with van der Waals surface area (Å²) in [6.45, 7) is 2.89. The SMILES string of the molecule is O=C(NCC1CNC1)NC1CCCSC1. The number of hydrogen-bond donors (Lipinski definition) is 3. The van der Waals surface area contributed by atoms with Gasteiger partial charge in [0.2, 0.25) is 0 Å². The van der Waals surface area contributed by atoms with E-state index >= 15 is 0 Å². The second-order valence-electron chi connectivity index (χ2n) is 4.29. The number of rotatable bonds is 3. The molecule has 86 valence electrons. The zero-order valence-electron chi connectivity index (χ0n) is 8.92. The average molecular weight is 229 g/mol. The van der Waals surface area contributed by atoms with Gasteiger partial charge < -0.3 is 16.0 Å². The predicted octanol–water partition coefficient (Wildman–Crippen LogP) is 0.401. The molecule has 2 fully saturated rings. The summed E-state index contributed by atoms with van der Waals surface area (Å²) in [5, 5.41) is 9.15. The van der Waals surface area contributed by atoms with Gasteiger partial charge in [0.05, 0.1) is 0 Å². The summed E-state index contributed by atoms with van der Waals surface area (Å²) in [6.07, 6.45) is 2.35. The molecule has 1 atom stereocenters. The molecule has 0 radical (unpaired) electrons. The molecule has 0 bridgehead atoms. The second kappa shape index (κ2) is 5.61. The molecular formula is C10H19N3OS. The van der Waals surface area contributed by atoms with E-state index in [0.717, 1.165) is 31.8 Å². The maximum Gasteiger partial charge on any atom is 0.315 e. The molecule has 0 aromatic carbocycles. The Bertz CT molecular complexity index is 215. The van der Waals surface area contributed by atoms with Crippen molar-refractivity contribution in [3.05, 3.63) is 0 Å². The van der Waals surface area contributed by atoms with Crippen molar-refractivity contribution in [3.8, 4) is 0 Å². The molecule has 0 aromatic rings. The zero-order valence-corrected chi connectivity index (χ0v) is 9.74. The van der Waals surface area contributed by atoms with Crippen molar-refractivity contribution in [2.75, 3.05) is 31.1 Å². The van der Waals surface area contributed by atoms with Gasteiger partial charge in [0.1, 0.15) is 0 Å². The minimum absolute atomic E-state index is 0.00870. The number of carbonyl (C=O) groups is 1. The van der Waals surface area contributed by atoms with Gasteiger partial charge in [-0.3, -0.25) is 0 Å². The molecule has 0 aliphatic carbocycles. The average Bonchev–Trinajstić information content (AvgIpc) is 2.17. The van der Waals surface area contributed by atoms with Gasteiger partial charge in [-0.1, -0.05) is 0 Å². The first-order valence-corrected chi connectivity index (χ1v) is 6.83. The third-order valence-electron chi connectivity index (χ3n) is 2.91. The molecule has 5 heteroatoms. The summed E-state index contributed by atoms with van der Waals surface area (Å²) < 4.78 is 0. The van der Waals surface area contributed by atoms with Crippen LogP contribution in [0.4, 0.5) is 4.79 Å². The van der Waals surface area contributed by atoms with Crippen LogP contribution in [0.15, 0.2) is 0 Å². The van der Waals surface area contributed by atoms with E-state index in [4.69, 9.17) is 0 Å². The number of thioether (sulfide) groups is 1. The first-order valence-electron chi connectivity index (χ1n) is 5.67. The van der Waals surface area contributed by atoms with Gasteiger partial charge in [-0.15, -0.1) is 0 Å². The molecule has 2 rings (SSSR count). The van der Waals surface area contributed by atoms with Crippen LogP contribution in [0.25, 0.3) is 0 Å². The Kier molecular flexibility index (Phi) is 4.14. The van der Waals surface area contributed by atoms with Crippen molar-refractivity contribution in [2.24, 2.45) is 5.92 Å². The fourth-order valence-corrected chi connectivity index (χ4v) is 2.89. The van der Waals surface area contributed by atoms with E-state index in [-0.39, 0.29) is 6.03 Å². The topological polar surface area (TPSA) is 53.2 Å². The van der Waals surface area contributed by atoms with Gasteiger partial charge >= 0.3 is 6.03 Å². The molecule has 2 aliphatic heterocycles. The molecule has 15 heavy (non-hydrogen) atoms. The lowest BCUT2D eigenvalue weighted by Crippen LogP contribution is -2.51. The molecule has 2 heterocycles. The monoisotopic (exact) mass is 229 g/mol. The lowest BCUT2D eigenvalue weighted by atomic mass is 10.0. The Balaban J connectivity index is 1.58. The van der Waals surface area contributed by atoms with Gasteiger partial charge in [0.25, 0.3) is 0 Å². The van der Waals surface area contributed by atoms with Crippen molar-refractivity contribution in [1.29, 1.82) is 0 Å². The van der Waals surface area contributed by atoms with Gasteiger partial charge in [-0.2, -0.15) is 11.8 Å². The summed E-state index contributed by atoms with van der Waals surface area (Å²) in [5.74, 6) is 2.95. The number of amides is 2. The highest BCUT2D eigenvalue weighted by Gasteiger charge is 2.19. The summed E-state index contributed by atoms with van der Waals surface area (Å²) in [4.78, 5) is 11.5. The fourth-order valence-electron chi connectivity index (χ4n) is 1.82. The van der Waals surface area contributed by atoms with E-state index in [2.05, 4.69) is 16.0 Å². The smallest absolute Gasteiger partial charge is 0.315 e. The van der Waals surface area contributed by atoms with Crippen LogP contribution >= 0.6 is 11.8 Å². The number of urea groups is 1. The van der Waals surface area contributed by atoms with Crippen LogP contribution in [0, 0.1) is 5.92 Å². The van der Waals surface area contributed by atoms with Crippen LogP contribution in [-0.2, 0) is 0 Å². The van der Waals surface area contributed by atoms with E-state index in [1.807, 2.05) is 11.8 Å². The van der Waals surface area contributed by atoms with E-state index in [9.17, 15) is 4.79 Å². The maximum atomic E-state index is 11.5. The van der Waals surface area contributed by atoms with Crippen molar-refractivity contribution in [2.45, 2.75) is 18.9 Å². The number of nitrogens with one attached hydrogen (secondary N) is 3. The second-order valence-corrected chi connectivity index (χ2v) is 5.44. The molecule has 1 unspecified atom stereocenters. The fraction of sp³-hybridized carbons (Fsp3) is 0.900. The molecule has 0 aromatic heterocycles. The zero-order chi connectivity index (χ0) is 10.5. The molecular weight excluding hydrogens is 210 g/mol. The van der Waals surface area contributed by atoms with Crippen molar-refractivity contribution >= 4 is 17.8 Å². The molecule has 2 amide bonds. The predicted molar refractivity (Wildman–Crippen MR) is 63.2 cm³/mol. The number of carbonyl (C=O) groups excluding carboxylic acids is 1. The van der Waals surface area contributed by atoms with Crippen LogP contribution in [0.3, 0.4) is 0 Å². The molecule has 3 N–H and O–H groups in total. The van der Waals surface area contributed by atoms with Gasteiger partial charge in [-0.25, -0.2) is 4.79 Å². The highest BCUT2D eigenvalue weighted by Crippen LogP contribution is 2.16. The Morgan fingerprint density at radius 1 is 1.47 bits per heavy atom. The summed E-state index contributed by atoms with van der Waals surface area (Å²) in [6, 6.07) is 0.387. The van der Waals surface area contributed by atoms with Crippen LogP contribution in [0.2, 0.25) is 0 Å². The Labute approximate surface area is 94.9 Å². The van der Waals surface area contributed by atoms with Crippen LogP contribution < -0.4 is 16.0 Å². The highest BCUT2D eigenvalue weighted by molar-refractivity contribution is 7.99. The first-order chi connectivity index (χ1) is 7.34. The number of hydrogen-bond acceptors (Lipinski definition) is 3. The Morgan fingerprint density at radius 3 is 2.93 bits per heavy atom. The third kappa shape index (κ3) is 3.57. The van der Waals surface area contributed by atoms with Crippen LogP contribution in [-0.4, -0.2) is 43.2 Å². The van der Waals surface area contributed by atoms with Gasteiger partial charge in [0, 0.05) is 37.3 Å². The quantitative estimate of drug-likeness (QED) is 0.656. The van der Waals surface area contributed by atoms with Crippen LogP contribution in [0.1, 0.15) is 12.8 Å². The molecule has 4 nitrogen and oxygen atoms in total. The molecule has 0 spiro atoms. The normalized spacial score (nSPS) is 26.8. The minimum Gasteiger partial charge on any atom is -0.338 e. The van der Waals surface area contributed by atoms with E-state index in [0.29, 0.717) is 12.0 Å². The summed E-state index contributed by atoms with van der Waals surface area (Å²) >= 11 is 1.93. The van der Waals surface area contributed by atoms with E-state index in [1.165, 1.54) is 12.2 Å². The van der Waals surface area contributed by atoms with Gasteiger partial charge in [-0.05, 0) is 18.6 Å². The largest absolute Gasteiger partial charge is 0.338 e. The van der Waals surface area contributed by atoms with E-state index < -0.39 is 0 Å². The van der Waals surface area contributed by atoms with Gasteiger partial charge in [0.15, 0.2) is 0 Å². The van der Waals surface area contributed by atoms with Crippen molar-refractivity contribution in [3.63, 3.8) is 0 Å². The Hall–Kier alpha value is -0.420. The van der Waals surface area contributed by atoms with Crippen molar-refractivity contribution < 1.29 is 4.79 Å².